The molecule has 1 N–H and O–H groups in total. The number of anilines is 1. The Kier molecular flexibility index (Phi) is 5.77. The molecule has 1 heterocycles. The van der Waals surface area contributed by atoms with Crippen molar-refractivity contribution in [3.8, 4) is 5.75 Å². The number of nitro benzene ring substituents is 1. The van der Waals surface area contributed by atoms with Crippen molar-refractivity contribution in [2.24, 2.45) is 0 Å². The number of nitrogens with zero attached hydrogens (tertiary/aromatic N) is 2. The first-order valence-electron chi connectivity index (χ1n) is 8.17. The average Bonchev–Trinajstić information content (AvgIpc) is 3.09. The van der Waals surface area contributed by atoms with Gasteiger partial charge in [0, 0.05) is 17.1 Å². The third kappa shape index (κ3) is 5.11. The number of nitro groups is 1. The molecule has 8 heteroatoms. The first-order valence-corrected chi connectivity index (χ1v) is 9.05. The molecule has 0 aliphatic carbocycles. The predicted octanol–water partition coefficient (Wildman–Crippen LogP) is 4.12. The van der Waals surface area contributed by atoms with E-state index in [4.69, 9.17) is 4.74 Å². The number of rotatable bonds is 7. The van der Waals surface area contributed by atoms with E-state index in [1.165, 1.54) is 17.4 Å². The standard InChI is InChI=1S/C19H17N3O4S/c1-13-6-8-14(9-7-13)20-18(23)10-19-21-15(12-27-19)11-26-17-5-3-2-4-16(17)22(24)25/h2-9,12H,10-11H2,1H3,(H,20,23). The number of aromatic nitrogens is 1. The first-order chi connectivity index (χ1) is 13.0. The number of benzene rings is 2. The third-order valence-corrected chi connectivity index (χ3v) is 4.58. The van der Waals surface area contributed by atoms with Crippen LogP contribution in [0.15, 0.2) is 53.9 Å². The van der Waals surface area contributed by atoms with Gasteiger partial charge in [-0.15, -0.1) is 11.3 Å². The lowest BCUT2D eigenvalue weighted by atomic mass is 10.2. The Balaban J connectivity index is 1.56. The zero-order chi connectivity index (χ0) is 19.2. The van der Waals surface area contributed by atoms with Gasteiger partial charge >= 0.3 is 5.69 Å². The van der Waals surface area contributed by atoms with Crippen LogP contribution in [0.2, 0.25) is 0 Å². The minimum atomic E-state index is -0.489. The monoisotopic (exact) mass is 383 g/mol. The highest BCUT2D eigenvalue weighted by Gasteiger charge is 2.14. The zero-order valence-corrected chi connectivity index (χ0v) is 15.4. The van der Waals surface area contributed by atoms with E-state index < -0.39 is 4.92 Å². The van der Waals surface area contributed by atoms with Crippen molar-refractivity contribution in [1.82, 2.24) is 4.98 Å². The van der Waals surface area contributed by atoms with E-state index in [0.717, 1.165) is 11.3 Å². The summed E-state index contributed by atoms with van der Waals surface area (Å²) in [6.07, 6.45) is 0.157. The first kappa shape index (κ1) is 18.5. The number of hydrogen-bond acceptors (Lipinski definition) is 6. The molecular weight excluding hydrogens is 366 g/mol. The minimum absolute atomic E-state index is 0.0922. The summed E-state index contributed by atoms with van der Waals surface area (Å²) in [6.45, 7) is 2.08. The number of amides is 1. The van der Waals surface area contributed by atoms with Gasteiger partial charge in [0.1, 0.15) is 11.6 Å². The zero-order valence-electron chi connectivity index (χ0n) is 14.5. The van der Waals surface area contributed by atoms with Crippen LogP contribution < -0.4 is 10.1 Å². The summed E-state index contributed by atoms with van der Waals surface area (Å²) in [5, 5.41) is 16.3. The second kappa shape index (κ2) is 8.41. The summed E-state index contributed by atoms with van der Waals surface area (Å²) in [5.41, 5.74) is 2.39. The van der Waals surface area contributed by atoms with Gasteiger partial charge in [-0.05, 0) is 25.1 Å². The van der Waals surface area contributed by atoms with Crippen LogP contribution in [-0.2, 0) is 17.8 Å². The lowest BCUT2D eigenvalue weighted by Gasteiger charge is -2.05. The summed E-state index contributed by atoms with van der Waals surface area (Å²) in [4.78, 5) is 27.0. The molecule has 3 aromatic rings. The summed E-state index contributed by atoms with van der Waals surface area (Å²) in [5.74, 6) is 0.0357. The van der Waals surface area contributed by atoms with E-state index in [0.29, 0.717) is 10.7 Å². The smallest absolute Gasteiger partial charge is 0.310 e. The number of nitrogens with one attached hydrogen (secondary N) is 1. The molecule has 0 aliphatic heterocycles. The Bertz CT molecular complexity index is 954. The summed E-state index contributed by atoms with van der Waals surface area (Å²) >= 11 is 1.35. The lowest BCUT2D eigenvalue weighted by molar-refractivity contribution is -0.385. The van der Waals surface area contributed by atoms with Gasteiger partial charge in [0.25, 0.3) is 0 Å². The molecule has 0 aliphatic rings. The number of thiazole rings is 1. The van der Waals surface area contributed by atoms with Gasteiger partial charge in [0.05, 0.1) is 17.0 Å². The van der Waals surface area contributed by atoms with Gasteiger partial charge in [-0.3, -0.25) is 14.9 Å². The van der Waals surface area contributed by atoms with E-state index in [9.17, 15) is 14.9 Å². The van der Waals surface area contributed by atoms with Crippen LogP contribution in [0.5, 0.6) is 5.75 Å². The fourth-order valence-electron chi connectivity index (χ4n) is 2.36. The van der Waals surface area contributed by atoms with Crippen LogP contribution in [0, 0.1) is 17.0 Å². The molecule has 0 bridgehead atoms. The van der Waals surface area contributed by atoms with Gasteiger partial charge in [0.2, 0.25) is 5.91 Å². The molecular formula is C19H17N3O4S. The lowest BCUT2D eigenvalue weighted by Crippen LogP contribution is -2.14. The maximum atomic E-state index is 12.1. The Morgan fingerprint density at radius 1 is 1.22 bits per heavy atom. The molecule has 0 fully saturated rings. The highest BCUT2D eigenvalue weighted by Crippen LogP contribution is 2.26. The average molecular weight is 383 g/mol. The molecule has 0 saturated heterocycles. The second-order valence-corrected chi connectivity index (χ2v) is 6.78. The Morgan fingerprint density at radius 2 is 1.96 bits per heavy atom. The summed E-state index contributed by atoms with van der Waals surface area (Å²) in [7, 11) is 0. The molecule has 0 saturated carbocycles. The van der Waals surface area contributed by atoms with E-state index in [1.807, 2.05) is 31.2 Å². The molecule has 1 amide bonds. The van der Waals surface area contributed by atoms with E-state index >= 15 is 0 Å². The molecule has 2 aromatic carbocycles. The third-order valence-electron chi connectivity index (χ3n) is 3.68. The maximum absolute atomic E-state index is 12.1. The van der Waals surface area contributed by atoms with Gasteiger partial charge in [-0.1, -0.05) is 29.8 Å². The van der Waals surface area contributed by atoms with Crippen molar-refractivity contribution < 1.29 is 14.5 Å². The number of para-hydroxylation sites is 2. The van der Waals surface area contributed by atoms with Gasteiger partial charge in [-0.2, -0.15) is 0 Å². The Morgan fingerprint density at radius 3 is 2.70 bits per heavy atom. The van der Waals surface area contributed by atoms with Crippen LogP contribution in [0.25, 0.3) is 0 Å². The van der Waals surface area contributed by atoms with E-state index in [2.05, 4.69) is 10.3 Å². The maximum Gasteiger partial charge on any atom is 0.310 e. The van der Waals surface area contributed by atoms with Crippen LogP contribution in [0.1, 0.15) is 16.3 Å². The number of aryl methyl sites for hydroxylation is 1. The van der Waals surface area contributed by atoms with Crippen molar-refractivity contribution in [1.29, 1.82) is 0 Å². The Hall–Kier alpha value is -3.26. The number of ether oxygens (including phenoxy) is 1. The van der Waals surface area contributed by atoms with Crippen LogP contribution in [-0.4, -0.2) is 15.8 Å². The van der Waals surface area contributed by atoms with Crippen molar-refractivity contribution in [3.05, 3.63) is 80.3 Å². The van der Waals surface area contributed by atoms with Crippen molar-refractivity contribution in [2.75, 3.05) is 5.32 Å². The molecule has 0 radical (unpaired) electrons. The van der Waals surface area contributed by atoms with Gasteiger partial charge < -0.3 is 10.1 Å². The van der Waals surface area contributed by atoms with Crippen molar-refractivity contribution in [3.63, 3.8) is 0 Å². The normalized spacial score (nSPS) is 10.4. The Labute approximate surface area is 159 Å². The molecule has 7 nitrogen and oxygen atoms in total. The number of hydrogen-bond donors (Lipinski definition) is 1. The molecule has 3 rings (SSSR count). The molecule has 1 aromatic heterocycles. The highest BCUT2D eigenvalue weighted by molar-refractivity contribution is 7.09. The topological polar surface area (TPSA) is 94.4 Å². The van der Waals surface area contributed by atoms with Crippen molar-refractivity contribution in [2.45, 2.75) is 20.0 Å². The molecule has 138 valence electrons. The van der Waals surface area contributed by atoms with Gasteiger partial charge in [0.15, 0.2) is 5.75 Å². The fourth-order valence-corrected chi connectivity index (χ4v) is 3.13. The van der Waals surface area contributed by atoms with Gasteiger partial charge in [-0.25, -0.2) is 4.98 Å². The quantitative estimate of drug-likeness (QED) is 0.489. The van der Waals surface area contributed by atoms with Crippen LogP contribution >= 0.6 is 11.3 Å². The molecule has 0 unspecified atom stereocenters. The molecule has 27 heavy (non-hydrogen) atoms. The molecule has 0 atom stereocenters. The minimum Gasteiger partial charge on any atom is -0.480 e. The molecule has 0 spiro atoms. The fraction of sp³-hybridized carbons (Fsp3) is 0.158. The summed E-state index contributed by atoms with van der Waals surface area (Å²) < 4.78 is 5.51. The van der Waals surface area contributed by atoms with E-state index in [1.54, 1.807) is 23.6 Å². The van der Waals surface area contributed by atoms with Crippen LogP contribution in [0.4, 0.5) is 11.4 Å². The van der Waals surface area contributed by atoms with E-state index in [-0.39, 0.29) is 30.4 Å². The van der Waals surface area contributed by atoms with Crippen molar-refractivity contribution >= 4 is 28.6 Å². The number of carbonyl (C=O) groups excluding carboxylic acids is 1. The SMILES string of the molecule is Cc1ccc(NC(=O)Cc2nc(COc3ccccc3[N+](=O)[O-])cs2)cc1. The summed E-state index contributed by atoms with van der Waals surface area (Å²) in [6, 6.07) is 13.7. The second-order valence-electron chi connectivity index (χ2n) is 5.84. The van der Waals surface area contributed by atoms with Crippen LogP contribution in [0.3, 0.4) is 0 Å². The predicted molar refractivity (Wildman–Crippen MR) is 103 cm³/mol. The highest BCUT2D eigenvalue weighted by atomic mass is 32.1. The number of carbonyl (C=O) groups is 1. The largest absolute Gasteiger partial charge is 0.480 e.